The van der Waals surface area contributed by atoms with Gasteiger partial charge in [0.2, 0.25) is 17.7 Å². The SMILES string of the molecule is CS(=O)(=O)c1ccc2nc(NC(=O)CN3C(=O)[C@H]4CC=CC[C@H]4C3=O)sc2c1. The van der Waals surface area contributed by atoms with Gasteiger partial charge >= 0.3 is 0 Å². The van der Waals surface area contributed by atoms with Crippen molar-refractivity contribution in [1.29, 1.82) is 0 Å². The third kappa shape index (κ3) is 3.33. The predicted octanol–water partition coefficient (Wildman–Crippen LogP) is 1.59. The second kappa shape index (κ2) is 6.78. The minimum Gasteiger partial charge on any atom is -0.300 e. The van der Waals surface area contributed by atoms with Crippen molar-refractivity contribution in [2.24, 2.45) is 11.8 Å². The molecule has 0 bridgehead atoms. The zero-order valence-electron chi connectivity index (χ0n) is 14.9. The Bertz CT molecular complexity index is 1110. The lowest BCUT2D eigenvalue weighted by Crippen LogP contribution is -2.38. The first-order chi connectivity index (χ1) is 13.2. The number of benzene rings is 1. The van der Waals surface area contributed by atoms with E-state index in [0.717, 1.165) is 22.5 Å². The summed E-state index contributed by atoms with van der Waals surface area (Å²) in [6, 6.07) is 4.53. The lowest BCUT2D eigenvalue weighted by Gasteiger charge is -2.14. The number of carbonyl (C=O) groups excluding carboxylic acids is 3. The van der Waals surface area contributed by atoms with Crippen molar-refractivity contribution in [3.8, 4) is 0 Å². The molecule has 2 heterocycles. The summed E-state index contributed by atoms with van der Waals surface area (Å²) in [5.41, 5.74) is 0.554. The fourth-order valence-corrected chi connectivity index (χ4v) is 5.16. The van der Waals surface area contributed by atoms with Gasteiger partial charge in [-0.2, -0.15) is 0 Å². The number of thiazole rings is 1. The Morgan fingerprint density at radius 3 is 2.46 bits per heavy atom. The van der Waals surface area contributed by atoms with Crippen LogP contribution in [-0.2, 0) is 24.2 Å². The summed E-state index contributed by atoms with van der Waals surface area (Å²) in [4.78, 5) is 42.7. The fraction of sp³-hybridized carbons (Fsp3) is 0.333. The summed E-state index contributed by atoms with van der Waals surface area (Å²) in [5.74, 6) is -1.88. The maximum atomic E-state index is 12.4. The van der Waals surface area contributed by atoms with Gasteiger partial charge in [0.25, 0.3) is 0 Å². The number of rotatable bonds is 4. The van der Waals surface area contributed by atoms with E-state index in [-0.39, 0.29) is 40.2 Å². The number of fused-ring (bicyclic) bond motifs is 2. The Hall–Kier alpha value is -2.59. The maximum Gasteiger partial charge on any atom is 0.246 e. The Balaban J connectivity index is 1.48. The van der Waals surface area contributed by atoms with Gasteiger partial charge in [-0.05, 0) is 31.0 Å². The second-order valence-electron chi connectivity index (χ2n) is 6.89. The van der Waals surface area contributed by atoms with Gasteiger partial charge in [-0.25, -0.2) is 13.4 Å². The lowest BCUT2D eigenvalue weighted by molar-refractivity contribution is -0.142. The number of hydrogen-bond acceptors (Lipinski definition) is 7. The van der Waals surface area contributed by atoms with Crippen LogP contribution in [0, 0.1) is 11.8 Å². The number of amides is 3. The van der Waals surface area contributed by atoms with Crippen LogP contribution < -0.4 is 5.32 Å². The molecule has 0 radical (unpaired) electrons. The molecule has 1 aromatic carbocycles. The van der Waals surface area contributed by atoms with Gasteiger partial charge < -0.3 is 5.32 Å². The van der Waals surface area contributed by atoms with Crippen molar-refractivity contribution in [3.05, 3.63) is 30.4 Å². The average Bonchev–Trinajstić information content (AvgIpc) is 3.14. The van der Waals surface area contributed by atoms with Crippen LogP contribution in [0.1, 0.15) is 12.8 Å². The number of nitrogens with one attached hydrogen (secondary N) is 1. The van der Waals surface area contributed by atoms with E-state index in [1.54, 1.807) is 6.07 Å². The van der Waals surface area contributed by atoms with Crippen LogP contribution in [0.2, 0.25) is 0 Å². The minimum atomic E-state index is -3.34. The molecule has 8 nitrogen and oxygen atoms in total. The number of hydrogen-bond donors (Lipinski definition) is 1. The van der Waals surface area contributed by atoms with Crippen molar-refractivity contribution >= 4 is 54.2 Å². The van der Waals surface area contributed by atoms with Crippen LogP contribution in [-0.4, -0.2) is 48.8 Å². The van der Waals surface area contributed by atoms with E-state index < -0.39 is 15.7 Å². The standard InChI is InChI=1S/C18H17N3O5S2/c1-28(25,26)10-6-7-13-14(8-10)27-18(19-13)20-15(22)9-21-16(23)11-4-2-3-5-12(11)17(21)24/h2-3,6-8,11-12H,4-5,9H2,1H3,(H,19,20,22)/t11-,12+. The number of imide groups is 1. The molecule has 10 heteroatoms. The van der Waals surface area contributed by atoms with Crippen molar-refractivity contribution in [3.63, 3.8) is 0 Å². The Labute approximate surface area is 165 Å². The molecule has 2 atom stereocenters. The van der Waals surface area contributed by atoms with Gasteiger partial charge in [0.1, 0.15) is 6.54 Å². The first-order valence-corrected chi connectivity index (χ1v) is 11.4. The molecule has 146 valence electrons. The van der Waals surface area contributed by atoms with Crippen molar-refractivity contribution in [2.75, 3.05) is 18.1 Å². The monoisotopic (exact) mass is 419 g/mol. The molecule has 2 aromatic rings. The van der Waals surface area contributed by atoms with Crippen LogP contribution >= 0.6 is 11.3 Å². The number of allylic oxidation sites excluding steroid dienone is 2. The molecule has 2 aliphatic rings. The summed E-state index contributed by atoms with van der Waals surface area (Å²) in [6.45, 7) is -0.352. The van der Waals surface area contributed by atoms with E-state index in [9.17, 15) is 22.8 Å². The van der Waals surface area contributed by atoms with Crippen LogP contribution in [0.3, 0.4) is 0 Å². The van der Waals surface area contributed by atoms with Gasteiger partial charge in [0.15, 0.2) is 15.0 Å². The first kappa shape index (κ1) is 18.8. The molecule has 1 aliphatic carbocycles. The van der Waals surface area contributed by atoms with Crippen LogP contribution in [0.4, 0.5) is 5.13 Å². The second-order valence-corrected chi connectivity index (χ2v) is 9.93. The third-order valence-electron chi connectivity index (χ3n) is 4.93. The Kier molecular flexibility index (Phi) is 4.54. The lowest BCUT2D eigenvalue weighted by atomic mass is 9.85. The van der Waals surface area contributed by atoms with E-state index in [1.165, 1.54) is 12.1 Å². The Morgan fingerprint density at radius 2 is 1.86 bits per heavy atom. The summed E-state index contributed by atoms with van der Waals surface area (Å²) in [7, 11) is -3.34. The highest BCUT2D eigenvalue weighted by Crippen LogP contribution is 2.35. The van der Waals surface area contributed by atoms with Crippen LogP contribution in [0.25, 0.3) is 10.2 Å². The fourth-order valence-electron chi connectivity index (χ4n) is 3.52. The van der Waals surface area contributed by atoms with Gasteiger partial charge in [0.05, 0.1) is 26.9 Å². The van der Waals surface area contributed by atoms with Crippen molar-refractivity contribution in [2.45, 2.75) is 17.7 Å². The molecule has 0 saturated carbocycles. The van der Waals surface area contributed by atoms with Gasteiger partial charge in [-0.15, -0.1) is 0 Å². The topological polar surface area (TPSA) is 114 Å². The average molecular weight is 419 g/mol. The van der Waals surface area contributed by atoms with Gasteiger partial charge in [-0.3, -0.25) is 19.3 Å². The number of carbonyl (C=O) groups is 3. The van der Waals surface area contributed by atoms with Crippen LogP contribution in [0.15, 0.2) is 35.2 Å². The molecular formula is C18H17N3O5S2. The number of sulfone groups is 1. The summed E-state index contributed by atoms with van der Waals surface area (Å²) in [6.07, 6.45) is 5.94. The molecule has 1 N–H and O–H groups in total. The molecule has 1 aromatic heterocycles. The van der Waals surface area contributed by atoms with E-state index in [2.05, 4.69) is 10.3 Å². The summed E-state index contributed by atoms with van der Waals surface area (Å²) < 4.78 is 23.9. The maximum absolute atomic E-state index is 12.4. The Morgan fingerprint density at radius 1 is 1.21 bits per heavy atom. The zero-order chi connectivity index (χ0) is 20.1. The number of aromatic nitrogens is 1. The quantitative estimate of drug-likeness (QED) is 0.595. The molecular weight excluding hydrogens is 402 g/mol. The van der Waals surface area contributed by atoms with Crippen LogP contribution in [0.5, 0.6) is 0 Å². The van der Waals surface area contributed by atoms with E-state index in [4.69, 9.17) is 0 Å². The summed E-state index contributed by atoms with van der Waals surface area (Å²) >= 11 is 1.13. The molecule has 0 spiro atoms. The first-order valence-electron chi connectivity index (χ1n) is 8.65. The smallest absolute Gasteiger partial charge is 0.246 e. The van der Waals surface area contributed by atoms with Crippen molar-refractivity contribution < 1.29 is 22.8 Å². The van der Waals surface area contributed by atoms with E-state index in [0.29, 0.717) is 23.1 Å². The highest BCUT2D eigenvalue weighted by Gasteiger charge is 2.47. The van der Waals surface area contributed by atoms with E-state index in [1.807, 2.05) is 12.2 Å². The highest BCUT2D eigenvalue weighted by molar-refractivity contribution is 7.90. The molecule has 3 amide bonds. The van der Waals surface area contributed by atoms with Gasteiger partial charge in [0, 0.05) is 6.26 Å². The molecule has 1 fully saturated rings. The number of likely N-dealkylation sites (tertiary alicyclic amines) is 1. The zero-order valence-corrected chi connectivity index (χ0v) is 16.5. The largest absolute Gasteiger partial charge is 0.300 e. The number of nitrogens with zero attached hydrogens (tertiary/aromatic N) is 2. The van der Waals surface area contributed by atoms with Gasteiger partial charge in [-0.1, -0.05) is 23.5 Å². The third-order valence-corrected chi connectivity index (χ3v) is 6.98. The minimum absolute atomic E-state index is 0.172. The predicted molar refractivity (Wildman–Crippen MR) is 103 cm³/mol. The van der Waals surface area contributed by atoms with E-state index >= 15 is 0 Å². The summed E-state index contributed by atoms with van der Waals surface area (Å²) in [5, 5.41) is 2.88. The number of anilines is 1. The molecule has 1 saturated heterocycles. The molecule has 28 heavy (non-hydrogen) atoms. The molecule has 1 aliphatic heterocycles. The normalized spacial score (nSPS) is 22.0. The van der Waals surface area contributed by atoms with Crippen molar-refractivity contribution in [1.82, 2.24) is 9.88 Å². The molecule has 0 unspecified atom stereocenters. The highest BCUT2D eigenvalue weighted by atomic mass is 32.2. The molecule has 4 rings (SSSR count).